The molecule has 29 heavy (non-hydrogen) atoms. The maximum atomic E-state index is 13.7. The van der Waals surface area contributed by atoms with Gasteiger partial charge in [0.05, 0.1) is 5.69 Å². The second-order valence-corrected chi connectivity index (χ2v) is 7.68. The van der Waals surface area contributed by atoms with Gasteiger partial charge in [-0.15, -0.1) is 0 Å². The lowest BCUT2D eigenvalue weighted by atomic mass is 9.95. The molecule has 8 heteroatoms. The van der Waals surface area contributed by atoms with Crippen molar-refractivity contribution in [1.29, 1.82) is 0 Å². The Morgan fingerprint density at radius 2 is 1.83 bits per heavy atom. The van der Waals surface area contributed by atoms with Gasteiger partial charge in [0.2, 0.25) is 0 Å². The molecule has 3 heterocycles. The van der Waals surface area contributed by atoms with Crippen LogP contribution in [0.2, 0.25) is 0 Å². The maximum absolute atomic E-state index is 13.7. The normalized spacial score (nSPS) is 20.2. The molecule has 0 radical (unpaired) electrons. The third-order valence-electron chi connectivity index (χ3n) is 5.38. The number of carbonyl (C=O) groups is 1. The molecule has 1 saturated heterocycles. The van der Waals surface area contributed by atoms with Crippen LogP contribution < -0.4 is 0 Å². The summed E-state index contributed by atoms with van der Waals surface area (Å²) in [6.45, 7) is 4.58. The van der Waals surface area contributed by atoms with Crippen LogP contribution in [-0.2, 0) is 6.18 Å². The molecule has 4 rings (SSSR count). The number of hydrogen-bond acceptors (Lipinski definition) is 3. The van der Waals surface area contributed by atoms with Crippen LogP contribution in [0.3, 0.4) is 0 Å². The number of halogens is 3. The maximum Gasteiger partial charge on any atom is 0.433 e. The fourth-order valence-corrected chi connectivity index (χ4v) is 3.76. The first kappa shape index (κ1) is 19.4. The summed E-state index contributed by atoms with van der Waals surface area (Å²) in [6.07, 6.45) is -2.75. The van der Waals surface area contributed by atoms with Crippen molar-refractivity contribution in [2.24, 2.45) is 5.92 Å². The van der Waals surface area contributed by atoms with Crippen LogP contribution in [0.15, 0.2) is 42.5 Å². The number of aromatic nitrogens is 3. The molecule has 0 aliphatic carbocycles. The Hall–Kier alpha value is -2.90. The molecule has 3 aromatic rings. The van der Waals surface area contributed by atoms with Crippen LogP contribution in [0.4, 0.5) is 13.2 Å². The van der Waals surface area contributed by atoms with Crippen molar-refractivity contribution < 1.29 is 18.0 Å². The predicted octanol–water partition coefficient (Wildman–Crippen LogP) is 4.68. The van der Waals surface area contributed by atoms with E-state index in [0.717, 1.165) is 23.4 Å². The smallest absolute Gasteiger partial charge is 0.334 e. The highest BCUT2D eigenvalue weighted by molar-refractivity contribution is 5.93. The minimum Gasteiger partial charge on any atom is -0.334 e. The van der Waals surface area contributed by atoms with Gasteiger partial charge in [0.25, 0.3) is 5.91 Å². The van der Waals surface area contributed by atoms with Gasteiger partial charge in [-0.1, -0.05) is 37.3 Å². The summed E-state index contributed by atoms with van der Waals surface area (Å²) in [7, 11) is 0. The van der Waals surface area contributed by atoms with E-state index in [-0.39, 0.29) is 29.0 Å². The Kier molecular flexibility index (Phi) is 4.80. The topological polar surface area (TPSA) is 50.5 Å². The van der Waals surface area contributed by atoms with Crippen LogP contribution in [0.25, 0.3) is 16.9 Å². The van der Waals surface area contributed by atoms with Gasteiger partial charge in [-0.25, -0.2) is 9.50 Å². The molecular formula is C21H21F3N4O. The van der Waals surface area contributed by atoms with E-state index in [4.69, 9.17) is 0 Å². The average molecular weight is 402 g/mol. The first-order valence-electron chi connectivity index (χ1n) is 9.58. The van der Waals surface area contributed by atoms with E-state index in [1.54, 1.807) is 35.2 Å². The van der Waals surface area contributed by atoms with Gasteiger partial charge in [0.1, 0.15) is 0 Å². The largest absolute Gasteiger partial charge is 0.433 e. The number of carbonyl (C=O) groups excluding carboxylic acids is 1. The SMILES string of the molecule is C[C@H]1CC[C@@H](C)N(C(=O)c2cc3nc(-c4ccccc4)cc(C(F)(F)F)n3n2)C1. The van der Waals surface area contributed by atoms with E-state index in [9.17, 15) is 18.0 Å². The zero-order chi connectivity index (χ0) is 20.8. The van der Waals surface area contributed by atoms with Crippen LogP contribution in [0, 0.1) is 5.92 Å². The average Bonchev–Trinajstić information content (AvgIpc) is 3.12. The highest BCUT2D eigenvalue weighted by atomic mass is 19.4. The van der Waals surface area contributed by atoms with E-state index >= 15 is 0 Å². The number of likely N-dealkylation sites (tertiary alicyclic amines) is 1. The van der Waals surface area contributed by atoms with Crippen LogP contribution >= 0.6 is 0 Å². The number of alkyl halides is 3. The van der Waals surface area contributed by atoms with Gasteiger partial charge in [0, 0.05) is 24.2 Å². The Balaban J connectivity index is 1.81. The molecule has 2 aromatic heterocycles. The minimum absolute atomic E-state index is 0.000242. The molecule has 1 amide bonds. The molecule has 5 nitrogen and oxygen atoms in total. The molecule has 1 aliphatic rings. The Labute approximate surface area is 166 Å². The quantitative estimate of drug-likeness (QED) is 0.626. The molecule has 152 valence electrons. The number of benzene rings is 1. The summed E-state index contributed by atoms with van der Waals surface area (Å²) in [4.78, 5) is 19.0. The summed E-state index contributed by atoms with van der Waals surface area (Å²) >= 11 is 0. The Morgan fingerprint density at radius 1 is 1.10 bits per heavy atom. The van der Waals surface area contributed by atoms with Gasteiger partial charge in [-0.2, -0.15) is 18.3 Å². The van der Waals surface area contributed by atoms with Gasteiger partial charge in [0.15, 0.2) is 17.0 Å². The van der Waals surface area contributed by atoms with Crippen molar-refractivity contribution in [3.05, 3.63) is 53.9 Å². The standard InChI is InChI=1S/C21H21F3N4O/c1-13-8-9-14(2)27(12-13)20(29)17-11-19-25-16(15-6-4-3-5-7-15)10-18(21(22,23)24)28(19)26-17/h3-7,10-11,13-14H,8-9,12H2,1-2H3/t13-,14+/m0/s1. The molecule has 0 N–H and O–H groups in total. The fraction of sp³-hybridized carbons (Fsp3) is 0.381. The number of fused-ring (bicyclic) bond motifs is 1. The number of amides is 1. The molecule has 0 spiro atoms. The van der Waals surface area contributed by atoms with Gasteiger partial charge < -0.3 is 4.90 Å². The highest BCUT2D eigenvalue weighted by Crippen LogP contribution is 2.32. The summed E-state index contributed by atoms with van der Waals surface area (Å²) in [5.74, 6) is -0.00957. The summed E-state index contributed by atoms with van der Waals surface area (Å²) in [5, 5.41) is 3.99. The second kappa shape index (κ2) is 7.17. The molecule has 1 aliphatic heterocycles. The number of rotatable bonds is 2. The second-order valence-electron chi connectivity index (χ2n) is 7.68. The molecule has 1 fully saturated rings. The van der Waals surface area contributed by atoms with Gasteiger partial charge in [-0.3, -0.25) is 4.79 Å². The molecule has 0 unspecified atom stereocenters. The first-order valence-corrected chi connectivity index (χ1v) is 9.58. The van der Waals surface area contributed by atoms with Crippen LogP contribution in [-0.4, -0.2) is 38.0 Å². The fourth-order valence-electron chi connectivity index (χ4n) is 3.76. The molecule has 0 saturated carbocycles. The Bertz CT molecular complexity index is 1050. The predicted molar refractivity (Wildman–Crippen MR) is 102 cm³/mol. The lowest BCUT2D eigenvalue weighted by Gasteiger charge is -2.36. The third-order valence-corrected chi connectivity index (χ3v) is 5.38. The monoisotopic (exact) mass is 402 g/mol. The van der Waals surface area contributed by atoms with Crippen molar-refractivity contribution in [3.63, 3.8) is 0 Å². The van der Waals surface area contributed by atoms with Gasteiger partial charge >= 0.3 is 6.18 Å². The minimum atomic E-state index is -4.63. The lowest BCUT2D eigenvalue weighted by Crippen LogP contribution is -2.45. The number of piperidine rings is 1. The molecule has 2 atom stereocenters. The van der Waals surface area contributed by atoms with Crippen molar-refractivity contribution in [3.8, 4) is 11.3 Å². The number of hydrogen-bond donors (Lipinski definition) is 0. The molecule has 0 bridgehead atoms. The van der Waals surface area contributed by atoms with E-state index in [1.165, 1.54) is 6.07 Å². The van der Waals surface area contributed by atoms with E-state index < -0.39 is 11.9 Å². The van der Waals surface area contributed by atoms with Crippen molar-refractivity contribution in [1.82, 2.24) is 19.5 Å². The van der Waals surface area contributed by atoms with Crippen LogP contribution in [0.1, 0.15) is 42.9 Å². The van der Waals surface area contributed by atoms with Crippen LogP contribution in [0.5, 0.6) is 0 Å². The lowest BCUT2D eigenvalue weighted by molar-refractivity contribution is -0.142. The summed E-state index contributed by atoms with van der Waals surface area (Å²) in [6, 6.07) is 11.0. The number of nitrogens with zero attached hydrogens (tertiary/aromatic N) is 4. The van der Waals surface area contributed by atoms with E-state index in [2.05, 4.69) is 17.0 Å². The highest BCUT2D eigenvalue weighted by Gasteiger charge is 2.36. The van der Waals surface area contributed by atoms with Crippen molar-refractivity contribution in [2.45, 2.75) is 38.9 Å². The third kappa shape index (κ3) is 3.71. The summed E-state index contributed by atoms with van der Waals surface area (Å²) in [5.41, 5.74) is -0.230. The molecular weight excluding hydrogens is 381 g/mol. The van der Waals surface area contributed by atoms with E-state index in [1.807, 2.05) is 6.92 Å². The summed E-state index contributed by atoms with van der Waals surface area (Å²) < 4.78 is 41.8. The molecule has 1 aromatic carbocycles. The zero-order valence-electron chi connectivity index (χ0n) is 16.1. The van der Waals surface area contributed by atoms with Crippen molar-refractivity contribution in [2.75, 3.05) is 6.54 Å². The zero-order valence-corrected chi connectivity index (χ0v) is 16.1. The first-order chi connectivity index (χ1) is 13.7. The van der Waals surface area contributed by atoms with Crippen molar-refractivity contribution >= 4 is 11.6 Å². The van der Waals surface area contributed by atoms with Gasteiger partial charge in [-0.05, 0) is 31.7 Å². The Morgan fingerprint density at radius 3 is 2.52 bits per heavy atom. The van der Waals surface area contributed by atoms with E-state index in [0.29, 0.717) is 18.0 Å².